The van der Waals surface area contributed by atoms with Gasteiger partial charge in [0.1, 0.15) is 0 Å². The third kappa shape index (κ3) is 3.07. The van der Waals surface area contributed by atoms with Gasteiger partial charge in [0, 0.05) is 47.8 Å². The number of hydrogen-bond acceptors (Lipinski definition) is 4. The number of sulfone groups is 1. The molecule has 0 radical (unpaired) electrons. The van der Waals surface area contributed by atoms with Crippen molar-refractivity contribution in [2.24, 2.45) is 0 Å². The SMILES string of the molecule is O=S(=O)(c1cc(Cl)cc(Cl)c1)c1c[nH]c2c(N3CCNCC3)cccc12. The van der Waals surface area contributed by atoms with Gasteiger partial charge >= 0.3 is 0 Å². The lowest BCUT2D eigenvalue weighted by atomic mass is 10.2. The van der Waals surface area contributed by atoms with Crippen LogP contribution < -0.4 is 10.2 Å². The zero-order valence-electron chi connectivity index (χ0n) is 13.8. The number of aromatic amines is 1. The fraction of sp³-hybridized carbons (Fsp3) is 0.222. The summed E-state index contributed by atoms with van der Waals surface area (Å²) in [5.74, 6) is 0. The minimum absolute atomic E-state index is 0.0866. The summed E-state index contributed by atoms with van der Waals surface area (Å²) < 4.78 is 26.3. The van der Waals surface area contributed by atoms with Gasteiger partial charge in [0.15, 0.2) is 0 Å². The molecule has 0 spiro atoms. The lowest BCUT2D eigenvalue weighted by molar-refractivity contribution is 0.590. The lowest BCUT2D eigenvalue weighted by Gasteiger charge is -2.29. The highest BCUT2D eigenvalue weighted by Crippen LogP contribution is 2.34. The van der Waals surface area contributed by atoms with E-state index in [9.17, 15) is 8.42 Å². The van der Waals surface area contributed by atoms with E-state index in [1.54, 1.807) is 6.20 Å². The highest BCUT2D eigenvalue weighted by atomic mass is 35.5. The topological polar surface area (TPSA) is 65.2 Å². The highest BCUT2D eigenvalue weighted by Gasteiger charge is 2.24. The first-order valence-corrected chi connectivity index (χ1v) is 10.5. The molecule has 2 N–H and O–H groups in total. The van der Waals surface area contributed by atoms with E-state index in [0.717, 1.165) is 37.4 Å². The van der Waals surface area contributed by atoms with Crippen molar-refractivity contribution >= 4 is 49.6 Å². The molecule has 2 heterocycles. The molecule has 0 aliphatic carbocycles. The maximum atomic E-state index is 13.1. The molecule has 2 aromatic carbocycles. The van der Waals surface area contributed by atoms with Crippen LogP contribution in [0.25, 0.3) is 10.9 Å². The number of halogens is 2. The van der Waals surface area contributed by atoms with E-state index >= 15 is 0 Å². The zero-order chi connectivity index (χ0) is 18.3. The predicted octanol–water partition coefficient (Wildman–Crippen LogP) is 3.72. The minimum atomic E-state index is -3.75. The monoisotopic (exact) mass is 409 g/mol. The standard InChI is InChI=1S/C18H17Cl2N3O2S/c19-12-8-13(20)10-14(9-12)26(24,25)17-11-22-18-15(17)2-1-3-16(18)23-6-4-21-5-7-23/h1-3,8-11,21-22H,4-7H2. The highest BCUT2D eigenvalue weighted by molar-refractivity contribution is 7.91. The molecule has 1 saturated heterocycles. The van der Waals surface area contributed by atoms with Gasteiger partial charge in [-0.2, -0.15) is 0 Å². The summed E-state index contributed by atoms with van der Waals surface area (Å²) in [6.45, 7) is 3.57. The van der Waals surface area contributed by atoms with Gasteiger partial charge in [0.05, 0.1) is 21.0 Å². The summed E-state index contributed by atoms with van der Waals surface area (Å²) in [4.78, 5) is 5.72. The first kappa shape index (κ1) is 17.7. The van der Waals surface area contributed by atoms with Crippen LogP contribution in [0, 0.1) is 0 Å². The van der Waals surface area contributed by atoms with E-state index in [1.807, 2.05) is 18.2 Å². The minimum Gasteiger partial charge on any atom is -0.367 e. The molecule has 0 unspecified atom stereocenters. The van der Waals surface area contributed by atoms with Crippen LogP contribution in [-0.2, 0) is 9.84 Å². The van der Waals surface area contributed by atoms with Gasteiger partial charge in [0.25, 0.3) is 0 Å². The maximum absolute atomic E-state index is 13.1. The van der Waals surface area contributed by atoms with Crippen LogP contribution in [0.3, 0.4) is 0 Å². The van der Waals surface area contributed by atoms with Gasteiger partial charge in [-0.3, -0.25) is 0 Å². The smallest absolute Gasteiger partial charge is 0.208 e. The number of nitrogens with zero attached hydrogens (tertiary/aromatic N) is 1. The van der Waals surface area contributed by atoms with E-state index in [1.165, 1.54) is 18.2 Å². The van der Waals surface area contributed by atoms with E-state index in [-0.39, 0.29) is 19.8 Å². The van der Waals surface area contributed by atoms with E-state index in [2.05, 4.69) is 15.2 Å². The molecule has 0 saturated carbocycles. The molecule has 1 aromatic heterocycles. The lowest BCUT2D eigenvalue weighted by Crippen LogP contribution is -2.43. The molecule has 0 bridgehead atoms. The van der Waals surface area contributed by atoms with E-state index < -0.39 is 9.84 Å². The zero-order valence-corrected chi connectivity index (χ0v) is 16.1. The van der Waals surface area contributed by atoms with Crippen LogP contribution in [-0.4, -0.2) is 39.6 Å². The summed E-state index contributed by atoms with van der Waals surface area (Å²) in [5.41, 5.74) is 1.83. The third-order valence-electron chi connectivity index (χ3n) is 4.55. The fourth-order valence-electron chi connectivity index (χ4n) is 3.31. The molecule has 26 heavy (non-hydrogen) atoms. The Morgan fingerprint density at radius 1 is 1.00 bits per heavy atom. The van der Waals surface area contributed by atoms with Crippen molar-refractivity contribution in [2.45, 2.75) is 9.79 Å². The molecule has 1 aliphatic heterocycles. The number of piperazine rings is 1. The number of aromatic nitrogens is 1. The van der Waals surface area contributed by atoms with Crippen LogP contribution in [0.2, 0.25) is 10.0 Å². The van der Waals surface area contributed by atoms with Crippen molar-refractivity contribution in [3.63, 3.8) is 0 Å². The molecule has 0 amide bonds. The van der Waals surface area contributed by atoms with Crippen molar-refractivity contribution in [1.29, 1.82) is 0 Å². The number of nitrogens with one attached hydrogen (secondary N) is 2. The first-order chi connectivity index (χ1) is 12.5. The number of H-pyrrole nitrogens is 1. The van der Waals surface area contributed by atoms with Gasteiger partial charge in [-0.15, -0.1) is 0 Å². The quantitative estimate of drug-likeness (QED) is 0.691. The van der Waals surface area contributed by atoms with Crippen LogP contribution in [0.4, 0.5) is 5.69 Å². The van der Waals surface area contributed by atoms with Crippen molar-refractivity contribution < 1.29 is 8.42 Å². The summed E-state index contributed by atoms with van der Waals surface area (Å²) in [5, 5.41) is 4.56. The Morgan fingerprint density at radius 2 is 1.69 bits per heavy atom. The van der Waals surface area contributed by atoms with Gasteiger partial charge in [0.2, 0.25) is 9.84 Å². The van der Waals surface area contributed by atoms with Crippen molar-refractivity contribution in [1.82, 2.24) is 10.3 Å². The average Bonchev–Trinajstić information content (AvgIpc) is 3.06. The summed E-state index contributed by atoms with van der Waals surface area (Å²) in [6, 6.07) is 10.1. The fourth-order valence-corrected chi connectivity index (χ4v) is 5.46. The van der Waals surface area contributed by atoms with Crippen LogP contribution >= 0.6 is 23.2 Å². The molecule has 0 atom stereocenters. The second-order valence-electron chi connectivity index (χ2n) is 6.20. The molecule has 1 aliphatic rings. The number of benzene rings is 2. The molecular weight excluding hydrogens is 393 g/mol. The summed E-state index contributed by atoms with van der Waals surface area (Å²) >= 11 is 12.0. The number of anilines is 1. The predicted molar refractivity (Wildman–Crippen MR) is 105 cm³/mol. The van der Waals surface area contributed by atoms with Crippen molar-refractivity contribution in [3.8, 4) is 0 Å². The molecule has 136 valence electrons. The number of fused-ring (bicyclic) bond motifs is 1. The van der Waals surface area contributed by atoms with Crippen molar-refractivity contribution in [3.05, 3.63) is 52.6 Å². The first-order valence-electron chi connectivity index (χ1n) is 8.24. The Hall–Kier alpha value is -1.73. The normalized spacial score (nSPS) is 15.5. The number of hydrogen-bond donors (Lipinski definition) is 2. The van der Waals surface area contributed by atoms with Gasteiger partial charge in [-0.05, 0) is 24.3 Å². The maximum Gasteiger partial charge on any atom is 0.208 e. The molecule has 4 rings (SSSR count). The van der Waals surface area contributed by atoms with Gasteiger partial charge < -0.3 is 15.2 Å². The van der Waals surface area contributed by atoms with E-state index in [4.69, 9.17) is 23.2 Å². The Labute approximate surface area is 161 Å². The summed E-state index contributed by atoms with van der Waals surface area (Å²) in [7, 11) is -3.75. The number of rotatable bonds is 3. The van der Waals surface area contributed by atoms with Crippen LogP contribution in [0.15, 0.2) is 52.4 Å². The molecule has 5 nitrogen and oxygen atoms in total. The Bertz CT molecular complexity index is 1050. The second-order valence-corrected chi connectivity index (χ2v) is 8.99. The largest absolute Gasteiger partial charge is 0.367 e. The molecule has 1 fully saturated rings. The molecule has 3 aromatic rings. The van der Waals surface area contributed by atoms with Crippen LogP contribution in [0.1, 0.15) is 0 Å². The van der Waals surface area contributed by atoms with E-state index in [0.29, 0.717) is 5.39 Å². The average molecular weight is 410 g/mol. The van der Waals surface area contributed by atoms with Crippen molar-refractivity contribution in [2.75, 3.05) is 31.1 Å². The van der Waals surface area contributed by atoms with Crippen LogP contribution in [0.5, 0.6) is 0 Å². The van der Waals surface area contributed by atoms with Gasteiger partial charge in [-0.1, -0.05) is 35.3 Å². The molecule has 8 heteroatoms. The third-order valence-corrected chi connectivity index (χ3v) is 6.76. The second kappa shape index (κ2) is 6.78. The van der Waals surface area contributed by atoms with Gasteiger partial charge in [-0.25, -0.2) is 8.42 Å². The Balaban J connectivity index is 1.85. The molecular formula is C18H17Cl2N3O2S. The number of para-hydroxylation sites is 1. The summed E-state index contributed by atoms with van der Waals surface area (Å²) in [6.07, 6.45) is 1.54. The Kier molecular flexibility index (Phi) is 4.61. The Morgan fingerprint density at radius 3 is 2.38 bits per heavy atom.